The molecule has 2 unspecified atom stereocenters. The van der Waals surface area contributed by atoms with Crippen molar-refractivity contribution in [2.24, 2.45) is 11.7 Å². The number of hydrogen-bond acceptors (Lipinski definition) is 5. The van der Waals surface area contributed by atoms with Crippen LogP contribution in [0.4, 0.5) is 4.79 Å². The van der Waals surface area contributed by atoms with Crippen LogP contribution >= 0.6 is 0 Å². The summed E-state index contributed by atoms with van der Waals surface area (Å²) in [6.45, 7) is 7.48. The lowest BCUT2D eigenvalue weighted by Crippen LogP contribution is -2.55. The summed E-state index contributed by atoms with van der Waals surface area (Å²) in [6.07, 6.45) is 1.03. The van der Waals surface area contributed by atoms with E-state index >= 15 is 0 Å². The van der Waals surface area contributed by atoms with Crippen LogP contribution in [0.25, 0.3) is 0 Å². The van der Waals surface area contributed by atoms with Crippen molar-refractivity contribution in [1.29, 1.82) is 0 Å². The highest BCUT2D eigenvalue weighted by molar-refractivity contribution is 5.83. The van der Waals surface area contributed by atoms with Gasteiger partial charge in [0, 0.05) is 18.0 Å². The first-order valence-corrected chi connectivity index (χ1v) is 7.18. The average Bonchev–Trinajstić information content (AvgIpc) is 2.82. The smallest absolute Gasteiger partial charge is 0.411 e. The molecule has 2 bridgehead atoms. The third-order valence-corrected chi connectivity index (χ3v) is 3.87. The summed E-state index contributed by atoms with van der Waals surface area (Å²) in [4.78, 5) is 26.0. The summed E-state index contributed by atoms with van der Waals surface area (Å²) in [5.74, 6) is -0.396. The zero-order chi connectivity index (χ0) is 15.1. The molecule has 0 radical (unpaired) electrons. The van der Waals surface area contributed by atoms with E-state index in [9.17, 15) is 9.59 Å². The largest absolute Gasteiger partial charge is 0.464 e. The number of rotatable bonds is 2. The molecule has 1 amide bonds. The highest BCUT2D eigenvalue weighted by atomic mass is 16.6. The minimum absolute atomic E-state index is 0.0146. The van der Waals surface area contributed by atoms with Gasteiger partial charge in [-0.05, 0) is 40.5 Å². The van der Waals surface area contributed by atoms with Gasteiger partial charge >= 0.3 is 12.1 Å². The van der Waals surface area contributed by atoms with Crippen molar-refractivity contribution in [3.05, 3.63) is 0 Å². The van der Waals surface area contributed by atoms with Gasteiger partial charge < -0.3 is 15.2 Å². The molecule has 6 heteroatoms. The first-order chi connectivity index (χ1) is 9.24. The van der Waals surface area contributed by atoms with Gasteiger partial charge in [-0.25, -0.2) is 9.59 Å². The van der Waals surface area contributed by atoms with Crippen LogP contribution < -0.4 is 5.73 Å². The molecular formula is C14H24N2O4. The number of esters is 1. The summed E-state index contributed by atoms with van der Waals surface area (Å²) >= 11 is 0. The maximum atomic E-state index is 12.3. The Morgan fingerprint density at radius 1 is 1.30 bits per heavy atom. The fourth-order valence-electron chi connectivity index (χ4n) is 3.19. The second-order valence-electron chi connectivity index (χ2n) is 6.54. The van der Waals surface area contributed by atoms with Crippen molar-refractivity contribution in [3.8, 4) is 0 Å². The molecule has 1 aliphatic heterocycles. The Morgan fingerprint density at radius 2 is 1.95 bits per heavy atom. The number of hydrogen-bond donors (Lipinski definition) is 1. The number of ether oxygens (including phenoxy) is 2. The van der Waals surface area contributed by atoms with Crippen LogP contribution in [0.1, 0.15) is 40.5 Å². The monoisotopic (exact) mass is 284 g/mol. The number of amides is 1. The van der Waals surface area contributed by atoms with Crippen molar-refractivity contribution in [3.63, 3.8) is 0 Å². The van der Waals surface area contributed by atoms with E-state index in [0.29, 0.717) is 6.61 Å². The fraction of sp³-hybridized carbons (Fsp3) is 0.857. The molecule has 0 aromatic rings. The Labute approximate surface area is 119 Å². The summed E-state index contributed by atoms with van der Waals surface area (Å²) in [6, 6.07) is -0.661. The van der Waals surface area contributed by atoms with Crippen molar-refractivity contribution in [1.82, 2.24) is 4.90 Å². The minimum Gasteiger partial charge on any atom is -0.464 e. The van der Waals surface area contributed by atoms with Crippen LogP contribution in [0.15, 0.2) is 0 Å². The van der Waals surface area contributed by atoms with E-state index in [2.05, 4.69) is 0 Å². The molecule has 1 heterocycles. The molecule has 6 nitrogen and oxygen atoms in total. The Kier molecular flexibility index (Phi) is 3.95. The molecule has 1 saturated heterocycles. The Balaban J connectivity index is 2.17. The van der Waals surface area contributed by atoms with Crippen LogP contribution in [0, 0.1) is 5.92 Å². The number of piperidine rings is 1. The fourth-order valence-corrected chi connectivity index (χ4v) is 3.19. The van der Waals surface area contributed by atoms with Gasteiger partial charge in [-0.1, -0.05) is 0 Å². The lowest BCUT2D eigenvalue weighted by atomic mass is 9.94. The maximum Gasteiger partial charge on any atom is 0.411 e. The number of likely N-dealkylation sites (tertiary alicyclic amines) is 1. The molecule has 1 saturated carbocycles. The third-order valence-electron chi connectivity index (χ3n) is 3.87. The number of nitrogens with zero attached hydrogens (tertiary/aromatic N) is 1. The van der Waals surface area contributed by atoms with E-state index in [1.54, 1.807) is 6.92 Å². The van der Waals surface area contributed by atoms with Gasteiger partial charge in [0.05, 0.1) is 6.61 Å². The molecule has 2 fully saturated rings. The average molecular weight is 284 g/mol. The van der Waals surface area contributed by atoms with Crippen LogP contribution in [-0.4, -0.2) is 47.3 Å². The van der Waals surface area contributed by atoms with Gasteiger partial charge in [0.25, 0.3) is 0 Å². The van der Waals surface area contributed by atoms with Crippen LogP contribution in [-0.2, 0) is 14.3 Å². The van der Waals surface area contributed by atoms with Gasteiger partial charge in [-0.2, -0.15) is 0 Å². The molecular weight excluding hydrogens is 260 g/mol. The van der Waals surface area contributed by atoms with Crippen molar-refractivity contribution < 1.29 is 19.1 Å². The molecule has 0 aromatic carbocycles. The lowest BCUT2D eigenvalue weighted by molar-refractivity contribution is -0.151. The van der Waals surface area contributed by atoms with Crippen molar-refractivity contribution in [2.45, 2.75) is 64.3 Å². The molecule has 2 rings (SSSR count). The molecule has 1 aliphatic carbocycles. The number of fused-ring (bicyclic) bond motifs is 2. The second kappa shape index (κ2) is 5.24. The quantitative estimate of drug-likeness (QED) is 0.772. The first-order valence-electron chi connectivity index (χ1n) is 7.18. The third kappa shape index (κ3) is 2.75. The van der Waals surface area contributed by atoms with Gasteiger partial charge in [-0.15, -0.1) is 0 Å². The Morgan fingerprint density at radius 3 is 2.50 bits per heavy atom. The molecule has 4 atom stereocenters. The number of carbonyl (C=O) groups is 2. The predicted octanol–water partition coefficient (Wildman–Crippen LogP) is 1.27. The van der Waals surface area contributed by atoms with E-state index in [4.69, 9.17) is 15.2 Å². The summed E-state index contributed by atoms with van der Waals surface area (Å²) < 4.78 is 10.5. The molecule has 20 heavy (non-hydrogen) atoms. The van der Waals surface area contributed by atoms with Crippen LogP contribution in [0.3, 0.4) is 0 Å². The van der Waals surface area contributed by atoms with Gasteiger partial charge in [0.2, 0.25) is 0 Å². The molecule has 2 aliphatic rings. The summed E-state index contributed by atoms with van der Waals surface area (Å²) in [5, 5.41) is 0. The first kappa shape index (κ1) is 15.1. The highest BCUT2D eigenvalue weighted by Crippen LogP contribution is 2.42. The van der Waals surface area contributed by atoms with Gasteiger partial charge in [0.1, 0.15) is 11.6 Å². The van der Waals surface area contributed by atoms with E-state index < -0.39 is 17.7 Å². The molecule has 114 valence electrons. The normalized spacial score (nSPS) is 32.4. The topological polar surface area (TPSA) is 81.9 Å². The van der Waals surface area contributed by atoms with Gasteiger partial charge in [0.15, 0.2) is 0 Å². The molecule has 2 N–H and O–H groups in total. The summed E-state index contributed by atoms with van der Waals surface area (Å²) in [7, 11) is 0. The molecule has 0 spiro atoms. The standard InChI is InChI=1S/C14H24N2O4/c1-5-19-12(17)11-9-6-8(7-10(9)15)16(11)13(18)20-14(2,3)4/h8-11H,5-7,15H2,1-4H3/t8-,9+,10?,11?/m1/s1. The van der Waals surface area contributed by atoms with E-state index in [1.165, 1.54) is 4.90 Å². The SMILES string of the molecule is CCOC(=O)C1[C@H]2C[C@H](CC2N)N1C(=O)OC(C)(C)C. The number of nitrogens with two attached hydrogens (primary N) is 1. The van der Waals surface area contributed by atoms with E-state index in [0.717, 1.165) is 12.8 Å². The molecule has 0 aromatic heterocycles. The Bertz CT molecular complexity index is 404. The summed E-state index contributed by atoms with van der Waals surface area (Å²) in [5.41, 5.74) is 5.46. The zero-order valence-corrected chi connectivity index (χ0v) is 12.6. The van der Waals surface area contributed by atoms with Crippen molar-refractivity contribution >= 4 is 12.1 Å². The van der Waals surface area contributed by atoms with E-state index in [-0.39, 0.29) is 24.0 Å². The lowest BCUT2D eigenvalue weighted by Gasteiger charge is -2.37. The maximum absolute atomic E-state index is 12.3. The van der Waals surface area contributed by atoms with Crippen LogP contribution in [0.5, 0.6) is 0 Å². The van der Waals surface area contributed by atoms with Crippen LogP contribution in [0.2, 0.25) is 0 Å². The zero-order valence-electron chi connectivity index (χ0n) is 12.6. The van der Waals surface area contributed by atoms with Gasteiger partial charge in [-0.3, -0.25) is 4.90 Å². The highest BCUT2D eigenvalue weighted by Gasteiger charge is 2.56. The number of carbonyl (C=O) groups excluding carboxylic acids is 2. The predicted molar refractivity (Wildman–Crippen MR) is 73.0 cm³/mol. The minimum atomic E-state index is -0.599. The second-order valence-corrected chi connectivity index (χ2v) is 6.54. The van der Waals surface area contributed by atoms with E-state index in [1.807, 2.05) is 20.8 Å². The Hall–Kier alpha value is -1.30. The van der Waals surface area contributed by atoms with Crippen molar-refractivity contribution in [2.75, 3.05) is 6.61 Å².